The molecule has 0 aliphatic carbocycles. The fraction of sp³-hybridized carbons (Fsp3) is 0.381. The van der Waals surface area contributed by atoms with Crippen LogP contribution in [0.4, 0.5) is 5.69 Å². The number of anilines is 1. The van der Waals surface area contributed by atoms with Crippen LogP contribution in [0.15, 0.2) is 30.6 Å². The zero-order valence-corrected chi connectivity index (χ0v) is 18.1. The molecule has 3 aromatic rings. The number of ether oxygens (including phenoxy) is 1. The van der Waals surface area contributed by atoms with E-state index < -0.39 is 0 Å². The molecule has 8 heteroatoms. The van der Waals surface area contributed by atoms with E-state index in [0.717, 1.165) is 22.7 Å². The molecule has 7 nitrogen and oxygen atoms in total. The quantitative estimate of drug-likeness (QED) is 0.625. The third-order valence-corrected chi connectivity index (χ3v) is 5.32. The largest absolute Gasteiger partial charge is 0.471 e. The maximum absolute atomic E-state index is 12.5. The minimum Gasteiger partial charge on any atom is -0.471 e. The highest BCUT2D eigenvalue weighted by Gasteiger charge is 2.18. The summed E-state index contributed by atoms with van der Waals surface area (Å²) in [5.41, 5.74) is 4.51. The fourth-order valence-electron chi connectivity index (χ4n) is 3.06. The highest BCUT2D eigenvalue weighted by atomic mass is 35.5. The lowest BCUT2D eigenvalue weighted by Crippen LogP contribution is -2.25. The fourth-order valence-corrected chi connectivity index (χ4v) is 3.19. The average molecular weight is 416 g/mol. The Morgan fingerprint density at radius 2 is 2.03 bits per heavy atom. The van der Waals surface area contributed by atoms with Crippen LogP contribution in [0.3, 0.4) is 0 Å². The number of hydrogen-bond acceptors (Lipinski definition) is 4. The number of amides is 1. The maximum Gasteiger partial charge on any atom is 0.229 e. The van der Waals surface area contributed by atoms with E-state index >= 15 is 0 Å². The van der Waals surface area contributed by atoms with Gasteiger partial charge in [-0.15, -0.1) is 0 Å². The Kier molecular flexibility index (Phi) is 6.27. The number of rotatable bonds is 7. The van der Waals surface area contributed by atoms with Crippen molar-refractivity contribution in [2.75, 3.05) is 5.32 Å². The van der Waals surface area contributed by atoms with Gasteiger partial charge in [-0.2, -0.15) is 10.2 Å². The Morgan fingerprint density at radius 3 is 2.69 bits per heavy atom. The Bertz CT molecular complexity index is 1020. The maximum atomic E-state index is 12.5. The molecule has 1 amide bonds. The summed E-state index contributed by atoms with van der Waals surface area (Å²) in [6.45, 7) is 10.4. The highest BCUT2D eigenvalue weighted by Crippen LogP contribution is 2.21. The van der Waals surface area contributed by atoms with Crippen molar-refractivity contribution < 1.29 is 9.53 Å². The summed E-state index contributed by atoms with van der Waals surface area (Å²) in [4.78, 5) is 12.5. The monoisotopic (exact) mass is 415 g/mol. The number of carbonyl (C=O) groups is 1. The minimum atomic E-state index is -0.279. The predicted molar refractivity (Wildman–Crippen MR) is 113 cm³/mol. The van der Waals surface area contributed by atoms with E-state index in [4.69, 9.17) is 16.3 Å². The average Bonchev–Trinajstić information content (AvgIpc) is 3.21. The van der Waals surface area contributed by atoms with Gasteiger partial charge in [-0.25, -0.2) is 4.68 Å². The number of hydrogen-bond donors (Lipinski definition) is 1. The number of benzene rings is 1. The van der Waals surface area contributed by atoms with E-state index in [2.05, 4.69) is 21.6 Å². The molecule has 0 aliphatic heterocycles. The van der Waals surface area contributed by atoms with Crippen LogP contribution in [0, 0.1) is 33.6 Å². The molecule has 1 unspecified atom stereocenters. The third-order valence-electron chi connectivity index (χ3n) is 4.77. The van der Waals surface area contributed by atoms with Crippen molar-refractivity contribution in [1.82, 2.24) is 19.6 Å². The highest BCUT2D eigenvalue weighted by molar-refractivity contribution is 6.31. The smallest absolute Gasteiger partial charge is 0.229 e. The van der Waals surface area contributed by atoms with E-state index in [0.29, 0.717) is 17.3 Å². The van der Waals surface area contributed by atoms with Crippen LogP contribution in [0.25, 0.3) is 0 Å². The molecule has 0 aliphatic rings. The molecule has 2 heterocycles. The summed E-state index contributed by atoms with van der Waals surface area (Å²) in [5, 5.41) is 12.2. The van der Waals surface area contributed by atoms with Crippen molar-refractivity contribution >= 4 is 23.2 Å². The second-order valence-corrected chi connectivity index (χ2v) is 7.75. The minimum absolute atomic E-state index is 0.108. The van der Waals surface area contributed by atoms with Crippen molar-refractivity contribution in [2.24, 2.45) is 5.92 Å². The normalized spacial score (nSPS) is 12.1. The first-order valence-corrected chi connectivity index (χ1v) is 9.85. The van der Waals surface area contributed by atoms with Crippen molar-refractivity contribution in [3.8, 4) is 5.75 Å². The molecular weight excluding hydrogens is 390 g/mol. The molecule has 3 rings (SSSR count). The molecule has 1 atom stereocenters. The zero-order chi connectivity index (χ0) is 21.1. The van der Waals surface area contributed by atoms with Crippen LogP contribution >= 0.6 is 11.6 Å². The molecule has 0 fully saturated rings. The number of aryl methyl sites for hydroxylation is 3. The van der Waals surface area contributed by atoms with E-state index in [1.807, 2.05) is 46.8 Å². The van der Waals surface area contributed by atoms with Gasteiger partial charge in [0.1, 0.15) is 5.75 Å². The number of nitrogens with zero attached hydrogens (tertiary/aromatic N) is 4. The summed E-state index contributed by atoms with van der Waals surface area (Å²) < 4.78 is 9.22. The Morgan fingerprint density at radius 1 is 1.28 bits per heavy atom. The summed E-state index contributed by atoms with van der Waals surface area (Å²) in [6.07, 6.45) is 3.35. The van der Waals surface area contributed by atoms with Crippen LogP contribution in [-0.4, -0.2) is 25.5 Å². The van der Waals surface area contributed by atoms with Gasteiger partial charge in [-0.3, -0.25) is 9.48 Å². The van der Waals surface area contributed by atoms with Gasteiger partial charge in [0.05, 0.1) is 47.0 Å². The Hall–Kier alpha value is -2.80. The number of aromatic nitrogens is 4. The van der Waals surface area contributed by atoms with Gasteiger partial charge in [-0.1, -0.05) is 36.2 Å². The molecule has 29 heavy (non-hydrogen) atoms. The van der Waals surface area contributed by atoms with Gasteiger partial charge in [-0.05, 0) is 39.3 Å². The second-order valence-electron chi connectivity index (χ2n) is 7.37. The lowest BCUT2D eigenvalue weighted by Gasteiger charge is -2.12. The van der Waals surface area contributed by atoms with Gasteiger partial charge < -0.3 is 10.1 Å². The molecule has 0 saturated carbocycles. The van der Waals surface area contributed by atoms with Gasteiger partial charge >= 0.3 is 0 Å². The SMILES string of the molecule is Cc1ccc(OCn2cc(NC(=O)C(C)Cn3nc(C)c(Cl)c3C)cn2)c(C)c1. The predicted octanol–water partition coefficient (Wildman–Crippen LogP) is 4.28. The zero-order valence-electron chi connectivity index (χ0n) is 17.4. The second kappa shape index (κ2) is 8.69. The standard InChI is InChI=1S/C21H26ClN5O2/c1-13-6-7-19(14(2)8-13)29-12-26-11-18(9-23-26)24-21(28)15(3)10-27-17(5)20(22)16(4)25-27/h6-9,11,15H,10,12H2,1-5H3,(H,24,28). The van der Waals surface area contributed by atoms with E-state index in [-0.39, 0.29) is 18.6 Å². The van der Waals surface area contributed by atoms with Gasteiger partial charge in [0.2, 0.25) is 5.91 Å². The molecule has 154 valence electrons. The van der Waals surface area contributed by atoms with Crippen LogP contribution in [0.2, 0.25) is 5.02 Å². The van der Waals surface area contributed by atoms with Crippen molar-refractivity contribution in [3.05, 3.63) is 58.1 Å². The molecular formula is C21H26ClN5O2. The van der Waals surface area contributed by atoms with E-state index in [1.54, 1.807) is 21.8 Å². The van der Waals surface area contributed by atoms with Gasteiger partial charge in [0.15, 0.2) is 6.73 Å². The number of nitrogens with one attached hydrogen (secondary N) is 1. The van der Waals surface area contributed by atoms with Crippen LogP contribution in [-0.2, 0) is 18.1 Å². The topological polar surface area (TPSA) is 74.0 Å². The van der Waals surface area contributed by atoms with Crippen LogP contribution < -0.4 is 10.1 Å². The van der Waals surface area contributed by atoms with Gasteiger partial charge in [0.25, 0.3) is 0 Å². The molecule has 2 aromatic heterocycles. The third kappa shape index (κ3) is 4.98. The molecule has 1 N–H and O–H groups in total. The number of halogens is 1. The summed E-state index contributed by atoms with van der Waals surface area (Å²) in [5.74, 6) is 0.427. The van der Waals surface area contributed by atoms with Crippen molar-refractivity contribution in [3.63, 3.8) is 0 Å². The van der Waals surface area contributed by atoms with E-state index in [1.165, 1.54) is 5.56 Å². The van der Waals surface area contributed by atoms with Crippen LogP contribution in [0.5, 0.6) is 5.75 Å². The first kappa shape index (κ1) is 20.9. The first-order valence-electron chi connectivity index (χ1n) is 9.47. The molecule has 1 aromatic carbocycles. The van der Waals surface area contributed by atoms with Crippen molar-refractivity contribution in [2.45, 2.75) is 47.9 Å². The Balaban J connectivity index is 1.56. The lowest BCUT2D eigenvalue weighted by molar-refractivity contribution is -0.119. The van der Waals surface area contributed by atoms with E-state index in [9.17, 15) is 4.79 Å². The number of carbonyl (C=O) groups excluding carboxylic acids is 1. The molecule has 0 bridgehead atoms. The lowest BCUT2D eigenvalue weighted by atomic mass is 10.1. The summed E-state index contributed by atoms with van der Waals surface area (Å²) in [7, 11) is 0. The van der Waals surface area contributed by atoms with Crippen molar-refractivity contribution in [1.29, 1.82) is 0 Å². The molecule has 0 radical (unpaired) electrons. The molecule has 0 saturated heterocycles. The Labute approximate surface area is 175 Å². The van der Waals surface area contributed by atoms with Gasteiger partial charge in [0, 0.05) is 0 Å². The summed E-state index contributed by atoms with van der Waals surface area (Å²) >= 11 is 6.18. The first-order chi connectivity index (χ1) is 13.7. The molecule has 0 spiro atoms. The van der Waals surface area contributed by atoms with Crippen LogP contribution in [0.1, 0.15) is 29.4 Å². The summed E-state index contributed by atoms with van der Waals surface area (Å²) in [6, 6.07) is 6.03.